The third-order valence-corrected chi connectivity index (χ3v) is 4.89. The highest BCUT2D eigenvalue weighted by Gasteiger charge is 2.17. The Labute approximate surface area is 162 Å². The summed E-state index contributed by atoms with van der Waals surface area (Å²) in [5.41, 5.74) is 2.50. The average Bonchev–Trinajstić information content (AvgIpc) is 2.66. The van der Waals surface area contributed by atoms with Gasteiger partial charge in [0, 0.05) is 16.9 Å². The van der Waals surface area contributed by atoms with Crippen molar-refractivity contribution in [2.75, 3.05) is 13.7 Å². The maximum atomic E-state index is 12.0. The lowest BCUT2D eigenvalue weighted by Gasteiger charge is -2.11. The summed E-state index contributed by atoms with van der Waals surface area (Å²) in [6.45, 7) is 5.18. The number of nitriles is 1. The number of carbonyl (C=O) groups is 2. The summed E-state index contributed by atoms with van der Waals surface area (Å²) < 4.78 is 10.4. The van der Waals surface area contributed by atoms with Gasteiger partial charge in [-0.05, 0) is 45.0 Å². The van der Waals surface area contributed by atoms with Gasteiger partial charge in [0.25, 0.3) is 0 Å². The highest BCUT2D eigenvalue weighted by Crippen LogP contribution is 2.30. The summed E-state index contributed by atoms with van der Waals surface area (Å²) in [5.74, 6) is 0.594. The second kappa shape index (κ2) is 9.19. The number of hydrogen-bond acceptors (Lipinski definition) is 7. The minimum absolute atomic E-state index is 0.0330. The van der Waals surface area contributed by atoms with Crippen molar-refractivity contribution in [1.29, 1.82) is 5.26 Å². The van der Waals surface area contributed by atoms with E-state index >= 15 is 0 Å². The lowest BCUT2D eigenvalue weighted by atomic mass is 10.1. The lowest BCUT2D eigenvalue weighted by molar-refractivity contribution is 0.0524. The number of thioether (sulfide) groups is 1. The van der Waals surface area contributed by atoms with Gasteiger partial charge >= 0.3 is 5.97 Å². The number of hydrogen-bond donors (Lipinski definition) is 0. The number of nitrogens with zero attached hydrogens (tertiary/aromatic N) is 2. The fourth-order valence-corrected chi connectivity index (χ4v) is 3.42. The van der Waals surface area contributed by atoms with Crippen molar-refractivity contribution >= 4 is 23.5 Å². The Kier molecular flexibility index (Phi) is 6.97. The first kappa shape index (κ1) is 20.5. The van der Waals surface area contributed by atoms with Crippen LogP contribution in [0.4, 0.5) is 0 Å². The molecule has 27 heavy (non-hydrogen) atoms. The van der Waals surface area contributed by atoms with Crippen LogP contribution in [0.2, 0.25) is 0 Å². The second-order valence-corrected chi connectivity index (χ2v) is 6.64. The van der Waals surface area contributed by atoms with Crippen LogP contribution >= 0.6 is 11.8 Å². The highest BCUT2D eigenvalue weighted by molar-refractivity contribution is 7.98. The molecule has 0 aliphatic carbocycles. The molecule has 0 fully saturated rings. The number of ether oxygens (including phenoxy) is 2. The van der Waals surface area contributed by atoms with E-state index in [4.69, 9.17) is 9.47 Å². The molecule has 0 N–H and O–H groups in total. The van der Waals surface area contributed by atoms with Crippen molar-refractivity contribution in [3.8, 4) is 11.8 Å². The zero-order chi connectivity index (χ0) is 20.0. The number of benzene rings is 1. The molecule has 2 aromatic rings. The van der Waals surface area contributed by atoms with E-state index in [1.807, 2.05) is 0 Å². The van der Waals surface area contributed by atoms with E-state index in [1.165, 1.54) is 24.8 Å². The highest BCUT2D eigenvalue weighted by atomic mass is 32.2. The van der Waals surface area contributed by atoms with Crippen LogP contribution in [0, 0.1) is 18.3 Å². The minimum Gasteiger partial charge on any atom is -0.496 e. The Morgan fingerprint density at radius 1 is 1.30 bits per heavy atom. The van der Waals surface area contributed by atoms with Crippen molar-refractivity contribution in [1.82, 2.24) is 4.98 Å². The first-order valence-electron chi connectivity index (χ1n) is 8.30. The molecule has 140 valence electrons. The number of esters is 1. The van der Waals surface area contributed by atoms with E-state index in [-0.39, 0.29) is 18.0 Å². The van der Waals surface area contributed by atoms with Crippen LogP contribution in [0.15, 0.2) is 29.3 Å². The molecule has 0 aliphatic rings. The fraction of sp³-hybridized carbons (Fsp3) is 0.300. The molecule has 6 nitrogen and oxygen atoms in total. The van der Waals surface area contributed by atoms with Gasteiger partial charge in [-0.25, -0.2) is 9.78 Å². The largest absolute Gasteiger partial charge is 0.496 e. The Bertz CT molecular complexity index is 919. The molecule has 0 bridgehead atoms. The van der Waals surface area contributed by atoms with Crippen LogP contribution in [0.1, 0.15) is 51.4 Å². The topological polar surface area (TPSA) is 89.3 Å². The predicted molar refractivity (Wildman–Crippen MR) is 102 cm³/mol. The van der Waals surface area contributed by atoms with Crippen molar-refractivity contribution in [2.24, 2.45) is 0 Å². The van der Waals surface area contributed by atoms with Gasteiger partial charge in [-0.2, -0.15) is 5.26 Å². The van der Waals surface area contributed by atoms with Crippen LogP contribution in [0.25, 0.3) is 0 Å². The van der Waals surface area contributed by atoms with E-state index in [1.54, 1.807) is 39.2 Å². The summed E-state index contributed by atoms with van der Waals surface area (Å²) in [5, 5.41) is 9.95. The summed E-state index contributed by atoms with van der Waals surface area (Å²) >= 11 is 1.35. The number of pyridine rings is 1. The summed E-state index contributed by atoms with van der Waals surface area (Å²) in [6.07, 6.45) is 0. The molecule has 0 atom stereocenters. The number of ketones is 1. The molecule has 7 heteroatoms. The Hall–Kier alpha value is -2.85. The van der Waals surface area contributed by atoms with Crippen molar-refractivity contribution in [3.05, 3.63) is 52.2 Å². The molecule has 0 spiro atoms. The van der Waals surface area contributed by atoms with Gasteiger partial charge in [-0.3, -0.25) is 4.79 Å². The van der Waals surface area contributed by atoms with Crippen LogP contribution < -0.4 is 4.74 Å². The number of carbonyl (C=O) groups excluding carboxylic acids is 2. The van der Waals surface area contributed by atoms with Crippen molar-refractivity contribution in [3.63, 3.8) is 0 Å². The number of aromatic nitrogens is 1. The summed E-state index contributed by atoms with van der Waals surface area (Å²) in [7, 11) is 1.56. The minimum atomic E-state index is -0.494. The molecule has 0 saturated carbocycles. The number of rotatable bonds is 7. The molecule has 2 rings (SSSR count). The van der Waals surface area contributed by atoms with E-state index in [0.29, 0.717) is 33.3 Å². The zero-order valence-corrected chi connectivity index (χ0v) is 16.5. The van der Waals surface area contributed by atoms with Crippen molar-refractivity contribution in [2.45, 2.75) is 31.6 Å². The van der Waals surface area contributed by atoms with Crippen LogP contribution in [0.3, 0.4) is 0 Å². The molecule has 1 aromatic heterocycles. The fourth-order valence-electron chi connectivity index (χ4n) is 2.45. The number of Topliss-reactive ketones (excluding diaryl/α,β-unsaturated/α-hetero) is 1. The normalized spacial score (nSPS) is 10.2. The smallest absolute Gasteiger partial charge is 0.340 e. The van der Waals surface area contributed by atoms with Crippen molar-refractivity contribution < 1.29 is 19.1 Å². The molecule has 0 saturated heterocycles. The second-order valence-electron chi connectivity index (χ2n) is 5.68. The molecular weight excluding hydrogens is 364 g/mol. The molecule has 1 aromatic carbocycles. The zero-order valence-electron chi connectivity index (χ0n) is 15.7. The van der Waals surface area contributed by atoms with Gasteiger partial charge in [0.1, 0.15) is 16.8 Å². The van der Waals surface area contributed by atoms with E-state index in [9.17, 15) is 14.9 Å². The number of methoxy groups -OCH3 is 1. The third kappa shape index (κ3) is 4.86. The Morgan fingerprint density at radius 2 is 2.04 bits per heavy atom. The van der Waals surface area contributed by atoms with Gasteiger partial charge in [0.15, 0.2) is 5.78 Å². The van der Waals surface area contributed by atoms with Gasteiger partial charge < -0.3 is 9.47 Å². The average molecular weight is 384 g/mol. The van der Waals surface area contributed by atoms with Crippen LogP contribution in [0.5, 0.6) is 5.75 Å². The van der Waals surface area contributed by atoms with Crippen LogP contribution in [-0.2, 0) is 10.5 Å². The Morgan fingerprint density at radius 3 is 2.63 bits per heavy atom. The predicted octanol–water partition coefficient (Wildman–Crippen LogP) is 3.94. The summed E-state index contributed by atoms with van der Waals surface area (Å²) in [4.78, 5) is 28.0. The molecule has 0 amide bonds. The molecule has 0 aliphatic heterocycles. The third-order valence-electron chi connectivity index (χ3n) is 3.85. The molecule has 0 unspecified atom stereocenters. The van der Waals surface area contributed by atoms with Gasteiger partial charge in [0.2, 0.25) is 0 Å². The van der Waals surface area contributed by atoms with Gasteiger partial charge in [-0.15, -0.1) is 11.8 Å². The molecule has 1 heterocycles. The monoisotopic (exact) mass is 384 g/mol. The maximum absolute atomic E-state index is 12.0. The molecular formula is C20H20N2O4S. The van der Waals surface area contributed by atoms with E-state index in [0.717, 1.165) is 5.56 Å². The lowest BCUT2D eigenvalue weighted by Crippen LogP contribution is -2.09. The maximum Gasteiger partial charge on any atom is 0.340 e. The first-order valence-corrected chi connectivity index (χ1v) is 9.29. The Balaban J connectivity index is 2.32. The van der Waals surface area contributed by atoms with Crippen LogP contribution in [-0.4, -0.2) is 30.5 Å². The standard InChI is InChI=1S/C20H20N2O4S/c1-5-26-20(24)17-9-15(10-21)19(22-12(17)2)27-11-16-8-14(13(3)23)6-7-18(16)25-4/h6-9H,5,11H2,1-4H3. The summed E-state index contributed by atoms with van der Waals surface area (Å²) in [6, 6.07) is 8.83. The number of aryl methyl sites for hydroxylation is 1. The van der Waals surface area contributed by atoms with Gasteiger partial charge in [0.05, 0.1) is 30.5 Å². The first-order chi connectivity index (χ1) is 12.9. The van der Waals surface area contributed by atoms with Gasteiger partial charge in [-0.1, -0.05) is 0 Å². The quantitative estimate of drug-likeness (QED) is 0.406. The molecule has 0 radical (unpaired) electrons. The van der Waals surface area contributed by atoms with E-state index in [2.05, 4.69) is 11.1 Å². The SMILES string of the molecule is CCOC(=O)c1cc(C#N)c(SCc2cc(C(C)=O)ccc2OC)nc1C. The van der Waals surface area contributed by atoms with E-state index < -0.39 is 5.97 Å².